The number of anilines is 1. The quantitative estimate of drug-likeness (QED) is 0.926. The lowest BCUT2D eigenvalue weighted by Gasteiger charge is -2.20. The summed E-state index contributed by atoms with van der Waals surface area (Å²) in [6.45, 7) is 4.14. The maximum absolute atomic E-state index is 12.8. The number of hydrogen-bond acceptors (Lipinski definition) is 2. The minimum Gasteiger partial charge on any atom is -0.384 e. The average Bonchev–Trinajstić information content (AvgIpc) is 2.72. The van der Waals surface area contributed by atoms with Crippen molar-refractivity contribution in [1.82, 2.24) is 4.90 Å². The predicted octanol–water partition coefficient (Wildman–Crippen LogP) is 3.34. The first-order valence-corrected chi connectivity index (χ1v) is 7.60. The summed E-state index contributed by atoms with van der Waals surface area (Å²) < 4.78 is 12.8. The van der Waals surface area contributed by atoms with Gasteiger partial charge in [-0.05, 0) is 48.2 Å². The Morgan fingerprint density at radius 2 is 1.52 bits per heavy atom. The van der Waals surface area contributed by atoms with Crippen LogP contribution in [0.15, 0.2) is 48.5 Å². The molecule has 1 aliphatic rings. The molecule has 21 heavy (non-hydrogen) atoms. The Morgan fingerprint density at radius 3 is 2.14 bits per heavy atom. The standard InChI is InChI=1S/C18H21FN2/c19-17-5-7-18(8-6-17)20-11-14-21-12-9-15-3-1-2-4-16(15)10-13-21/h1-8,20H,9-14H2. The molecule has 1 N–H and O–H groups in total. The average molecular weight is 284 g/mol. The summed E-state index contributed by atoms with van der Waals surface area (Å²) >= 11 is 0. The van der Waals surface area contributed by atoms with Crippen molar-refractivity contribution in [3.63, 3.8) is 0 Å². The molecule has 0 aliphatic carbocycles. The highest BCUT2D eigenvalue weighted by molar-refractivity contribution is 5.42. The van der Waals surface area contributed by atoms with Crippen molar-refractivity contribution in [2.75, 3.05) is 31.5 Å². The van der Waals surface area contributed by atoms with E-state index in [2.05, 4.69) is 34.5 Å². The fraction of sp³-hybridized carbons (Fsp3) is 0.333. The molecule has 0 unspecified atom stereocenters. The summed E-state index contributed by atoms with van der Waals surface area (Å²) in [7, 11) is 0. The third-order valence-corrected chi connectivity index (χ3v) is 4.11. The van der Waals surface area contributed by atoms with E-state index >= 15 is 0 Å². The number of nitrogens with zero attached hydrogens (tertiary/aromatic N) is 1. The molecule has 3 heteroatoms. The number of benzene rings is 2. The zero-order chi connectivity index (χ0) is 14.5. The van der Waals surface area contributed by atoms with Crippen LogP contribution >= 0.6 is 0 Å². The normalized spacial score (nSPS) is 15.3. The Kier molecular flexibility index (Phi) is 4.51. The molecule has 0 atom stereocenters. The zero-order valence-corrected chi connectivity index (χ0v) is 12.2. The first-order valence-electron chi connectivity index (χ1n) is 7.60. The Bertz CT molecular complexity index is 553. The molecule has 0 spiro atoms. The van der Waals surface area contributed by atoms with Crippen LogP contribution in [0.4, 0.5) is 10.1 Å². The van der Waals surface area contributed by atoms with Gasteiger partial charge in [-0.1, -0.05) is 24.3 Å². The highest BCUT2D eigenvalue weighted by Crippen LogP contribution is 2.15. The second-order valence-corrected chi connectivity index (χ2v) is 5.54. The van der Waals surface area contributed by atoms with Gasteiger partial charge in [0.05, 0.1) is 0 Å². The maximum atomic E-state index is 12.8. The van der Waals surface area contributed by atoms with E-state index in [1.165, 1.54) is 23.3 Å². The summed E-state index contributed by atoms with van der Waals surface area (Å²) in [5, 5.41) is 3.35. The molecule has 0 bridgehead atoms. The summed E-state index contributed by atoms with van der Waals surface area (Å²) in [6, 6.07) is 15.3. The van der Waals surface area contributed by atoms with Crippen molar-refractivity contribution in [3.05, 3.63) is 65.5 Å². The van der Waals surface area contributed by atoms with Gasteiger partial charge in [0.1, 0.15) is 5.82 Å². The van der Waals surface area contributed by atoms with Crippen molar-refractivity contribution in [1.29, 1.82) is 0 Å². The van der Waals surface area contributed by atoms with Gasteiger partial charge in [-0.3, -0.25) is 0 Å². The van der Waals surface area contributed by atoms with Gasteiger partial charge in [0.15, 0.2) is 0 Å². The second-order valence-electron chi connectivity index (χ2n) is 5.54. The molecule has 0 amide bonds. The van der Waals surface area contributed by atoms with Crippen molar-refractivity contribution < 1.29 is 4.39 Å². The molecule has 0 saturated heterocycles. The fourth-order valence-electron chi connectivity index (χ4n) is 2.86. The SMILES string of the molecule is Fc1ccc(NCCN2CCc3ccccc3CC2)cc1. The van der Waals surface area contributed by atoms with Crippen molar-refractivity contribution in [2.45, 2.75) is 12.8 Å². The molecular formula is C18H21FN2. The molecule has 2 aromatic rings. The minimum absolute atomic E-state index is 0.189. The van der Waals surface area contributed by atoms with Gasteiger partial charge in [-0.15, -0.1) is 0 Å². The van der Waals surface area contributed by atoms with E-state index in [4.69, 9.17) is 0 Å². The van der Waals surface area contributed by atoms with Crippen LogP contribution in [-0.4, -0.2) is 31.1 Å². The van der Waals surface area contributed by atoms with Crippen LogP contribution in [0.3, 0.4) is 0 Å². The maximum Gasteiger partial charge on any atom is 0.123 e. The fourth-order valence-corrected chi connectivity index (χ4v) is 2.86. The van der Waals surface area contributed by atoms with Gasteiger partial charge in [-0.2, -0.15) is 0 Å². The summed E-state index contributed by atoms with van der Waals surface area (Å²) in [5.74, 6) is -0.189. The van der Waals surface area contributed by atoms with E-state index in [0.717, 1.165) is 44.7 Å². The monoisotopic (exact) mass is 284 g/mol. The molecule has 110 valence electrons. The van der Waals surface area contributed by atoms with E-state index < -0.39 is 0 Å². The summed E-state index contributed by atoms with van der Waals surface area (Å²) in [6.07, 6.45) is 2.26. The van der Waals surface area contributed by atoms with Crippen LogP contribution in [0.1, 0.15) is 11.1 Å². The molecule has 2 aromatic carbocycles. The van der Waals surface area contributed by atoms with Crippen LogP contribution in [-0.2, 0) is 12.8 Å². The van der Waals surface area contributed by atoms with Crippen LogP contribution in [0.5, 0.6) is 0 Å². The number of fused-ring (bicyclic) bond motifs is 1. The Hall–Kier alpha value is -1.87. The van der Waals surface area contributed by atoms with Gasteiger partial charge in [0.25, 0.3) is 0 Å². The van der Waals surface area contributed by atoms with E-state index in [-0.39, 0.29) is 5.82 Å². The lowest BCUT2D eigenvalue weighted by atomic mass is 10.0. The van der Waals surface area contributed by atoms with Crippen molar-refractivity contribution >= 4 is 5.69 Å². The van der Waals surface area contributed by atoms with Crippen LogP contribution in [0.2, 0.25) is 0 Å². The second kappa shape index (κ2) is 6.72. The van der Waals surface area contributed by atoms with Crippen molar-refractivity contribution in [2.24, 2.45) is 0 Å². The van der Waals surface area contributed by atoms with E-state index in [0.29, 0.717) is 0 Å². The van der Waals surface area contributed by atoms with Gasteiger partial charge in [-0.25, -0.2) is 4.39 Å². The Morgan fingerprint density at radius 1 is 0.905 bits per heavy atom. The minimum atomic E-state index is -0.189. The van der Waals surface area contributed by atoms with Crippen LogP contribution < -0.4 is 5.32 Å². The largest absolute Gasteiger partial charge is 0.384 e. The molecule has 2 nitrogen and oxygen atoms in total. The number of nitrogens with one attached hydrogen (secondary N) is 1. The molecule has 1 aliphatic heterocycles. The van der Waals surface area contributed by atoms with E-state index in [1.54, 1.807) is 12.1 Å². The molecule has 0 aromatic heterocycles. The van der Waals surface area contributed by atoms with Crippen LogP contribution in [0.25, 0.3) is 0 Å². The van der Waals surface area contributed by atoms with E-state index in [9.17, 15) is 4.39 Å². The summed E-state index contributed by atoms with van der Waals surface area (Å²) in [5.41, 5.74) is 3.97. The smallest absolute Gasteiger partial charge is 0.123 e. The van der Waals surface area contributed by atoms with Gasteiger partial charge >= 0.3 is 0 Å². The predicted molar refractivity (Wildman–Crippen MR) is 85.2 cm³/mol. The van der Waals surface area contributed by atoms with Crippen molar-refractivity contribution in [3.8, 4) is 0 Å². The molecule has 0 radical (unpaired) electrons. The molecular weight excluding hydrogens is 263 g/mol. The molecule has 3 rings (SSSR count). The first-order chi connectivity index (χ1) is 10.3. The highest BCUT2D eigenvalue weighted by Gasteiger charge is 2.12. The number of halogens is 1. The topological polar surface area (TPSA) is 15.3 Å². The third-order valence-electron chi connectivity index (χ3n) is 4.11. The van der Waals surface area contributed by atoms with Gasteiger partial charge in [0, 0.05) is 31.9 Å². The molecule has 0 fully saturated rings. The van der Waals surface area contributed by atoms with Crippen LogP contribution in [0, 0.1) is 5.82 Å². The van der Waals surface area contributed by atoms with Gasteiger partial charge < -0.3 is 10.2 Å². The molecule has 0 saturated carbocycles. The van der Waals surface area contributed by atoms with Gasteiger partial charge in [0.2, 0.25) is 0 Å². The lowest BCUT2D eigenvalue weighted by molar-refractivity contribution is 0.298. The Balaban J connectivity index is 1.48. The zero-order valence-electron chi connectivity index (χ0n) is 12.2. The molecule has 1 heterocycles. The number of hydrogen-bond donors (Lipinski definition) is 1. The lowest BCUT2D eigenvalue weighted by Crippen LogP contribution is -2.31. The number of rotatable bonds is 4. The summed E-state index contributed by atoms with van der Waals surface area (Å²) in [4.78, 5) is 2.50. The Labute approximate surface area is 125 Å². The van der Waals surface area contributed by atoms with E-state index in [1.807, 2.05) is 0 Å². The highest BCUT2D eigenvalue weighted by atomic mass is 19.1. The first kappa shape index (κ1) is 14.1. The third kappa shape index (κ3) is 3.82.